The predicted molar refractivity (Wildman–Crippen MR) is 211 cm³/mol. The first-order valence-corrected chi connectivity index (χ1v) is 20.3. The molecule has 1 saturated heterocycles. The van der Waals surface area contributed by atoms with Crippen molar-refractivity contribution < 1.29 is 33.4 Å². The third-order valence-corrected chi connectivity index (χ3v) is 11.6. The van der Waals surface area contributed by atoms with E-state index in [0.717, 1.165) is 31.4 Å². The zero-order chi connectivity index (χ0) is 40.2. The van der Waals surface area contributed by atoms with Gasteiger partial charge >= 0.3 is 11.9 Å². The fraction of sp³-hybridized carbons (Fsp3) is 0.659. The summed E-state index contributed by atoms with van der Waals surface area (Å²) in [6, 6.07) is 7.90. The van der Waals surface area contributed by atoms with Gasteiger partial charge in [-0.3, -0.25) is 28.9 Å². The molecule has 13 heteroatoms. The summed E-state index contributed by atoms with van der Waals surface area (Å²) in [5.41, 5.74) is 0.644. The molecule has 1 aliphatic heterocycles. The Morgan fingerprint density at radius 2 is 1.72 bits per heavy atom. The van der Waals surface area contributed by atoms with Crippen molar-refractivity contribution >= 4 is 41.0 Å². The lowest BCUT2D eigenvalue weighted by atomic mass is 9.80. The van der Waals surface area contributed by atoms with Gasteiger partial charge in [0.15, 0.2) is 6.10 Å². The maximum Gasteiger partial charge on any atom is 0.308 e. The van der Waals surface area contributed by atoms with Gasteiger partial charge in [-0.1, -0.05) is 78.3 Å². The molecule has 2 N–H and O–H groups in total. The molecule has 1 fully saturated rings. The molecule has 3 amide bonds. The molecule has 1 aliphatic rings. The molecule has 0 bridgehead atoms. The number of piperidine rings is 1. The number of nitrogens with zero attached hydrogens (tertiary/aromatic N) is 3. The molecule has 1 aromatic carbocycles. The predicted octanol–water partition coefficient (Wildman–Crippen LogP) is 5.96. The van der Waals surface area contributed by atoms with E-state index in [0.29, 0.717) is 24.3 Å². The van der Waals surface area contributed by atoms with Gasteiger partial charge in [-0.15, -0.1) is 11.3 Å². The smallest absolute Gasteiger partial charge is 0.308 e. The maximum atomic E-state index is 14.4. The van der Waals surface area contributed by atoms with Gasteiger partial charge in [0.2, 0.25) is 11.8 Å². The molecule has 0 aliphatic carbocycles. The molecule has 2 heterocycles. The van der Waals surface area contributed by atoms with E-state index in [1.807, 2.05) is 72.0 Å². The van der Waals surface area contributed by atoms with Crippen LogP contribution in [0, 0.1) is 17.3 Å². The summed E-state index contributed by atoms with van der Waals surface area (Å²) in [5, 5.41) is 8.26. The van der Waals surface area contributed by atoms with Crippen LogP contribution in [0.25, 0.3) is 0 Å². The van der Waals surface area contributed by atoms with Gasteiger partial charge in [0, 0.05) is 37.9 Å². The Hall–Kier alpha value is -3.84. The normalized spacial score (nSPS) is 17.8. The second-order valence-corrected chi connectivity index (χ2v) is 16.6. The summed E-state index contributed by atoms with van der Waals surface area (Å²) in [4.78, 5) is 74.9. The average Bonchev–Trinajstić information content (AvgIpc) is 3.63. The molecule has 6 atom stereocenters. The van der Waals surface area contributed by atoms with Crippen molar-refractivity contribution in [3.63, 3.8) is 0 Å². The minimum Gasteiger partial charge on any atom is -0.466 e. The van der Waals surface area contributed by atoms with Crippen LogP contribution in [0.3, 0.4) is 0 Å². The van der Waals surface area contributed by atoms with Gasteiger partial charge in [0.25, 0.3) is 5.91 Å². The third-order valence-electron chi connectivity index (χ3n) is 10.7. The van der Waals surface area contributed by atoms with Crippen LogP contribution in [0.4, 0.5) is 0 Å². The Labute approximate surface area is 326 Å². The molecular formula is C41H63N5O7S. The molecule has 300 valence electrons. The van der Waals surface area contributed by atoms with Crippen molar-refractivity contribution in [1.29, 1.82) is 0 Å². The lowest BCUT2D eigenvalue weighted by molar-refractivity contribution is -0.150. The largest absolute Gasteiger partial charge is 0.466 e. The topological polar surface area (TPSA) is 147 Å². The van der Waals surface area contributed by atoms with Crippen LogP contribution in [0.2, 0.25) is 0 Å². The number of esters is 2. The summed E-state index contributed by atoms with van der Waals surface area (Å²) in [6.45, 7) is 16.0. The quantitative estimate of drug-likeness (QED) is 0.165. The molecule has 0 spiro atoms. The van der Waals surface area contributed by atoms with E-state index in [1.165, 1.54) is 18.3 Å². The Bertz CT molecular complexity index is 1550. The van der Waals surface area contributed by atoms with E-state index in [2.05, 4.69) is 20.5 Å². The van der Waals surface area contributed by atoms with Crippen LogP contribution in [-0.4, -0.2) is 95.9 Å². The number of amides is 3. The minimum atomic E-state index is -0.830. The van der Waals surface area contributed by atoms with Crippen molar-refractivity contribution in [3.8, 4) is 0 Å². The number of hydrogen-bond acceptors (Lipinski definition) is 10. The van der Waals surface area contributed by atoms with E-state index in [9.17, 15) is 24.0 Å². The van der Waals surface area contributed by atoms with Crippen LogP contribution < -0.4 is 10.6 Å². The van der Waals surface area contributed by atoms with E-state index >= 15 is 0 Å². The zero-order valence-electron chi connectivity index (χ0n) is 34.0. The highest BCUT2D eigenvalue weighted by atomic mass is 32.1. The number of likely N-dealkylation sites (N-methyl/N-ethyl adjacent to an activating group) is 2. The number of aromatic nitrogens is 1. The van der Waals surface area contributed by atoms with Crippen LogP contribution in [0.15, 0.2) is 35.7 Å². The van der Waals surface area contributed by atoms with Crippen molar-refractivity contribution in [2.45, 2.75) is 131 Å². The van der Waals surface area contributed by atoms with Gasteiger partial charge in [0.1, 0.15) is 16.7 Å². The van der Waals surface area contributed by atoms with Crippen molar-refractivity contribution in [2.75, 3.05) is 27.2 Å². The summed E-state index contributed by atoms with van der Waals surface area (Å²) >= 11 is 1.21. The second-order valence-electron chi connectivity index (χ2n) is 15.7. The highest BCUT2D eigenvalue weighted by Crippen LogP contribution is 2.33. The standard InChI is InChI=1S/C41H63N5O7S/c1-11-41(7,8)35(44-37(49)32-20-16-17-21-45(32)9)39(50)46(10)33(26(3)4)24-34(53-28(6)47)38-43-31(25-54-38)36(48)42-30(22-27(5)40(51)52-12-2)23-29-18-14-13-15-19-29/h13-15,18-19,25-27,30,32-35H,11-12,16-17,20-24H2,1-10H3,(H,42,48)(H,44,49)/t27-,30+,32+,33+,34+,35+/m0/s1. The first kappa shape index (κ1) is 44.6. The fourth-order valence-electron chi connectivity index (χ4n) is 7.00. The Morgan fingerprint density at radius 3 is 2.31 bits per heavy atom. The highest BCUT2D eigenvalue weighted by Gasteiger charge is 2.41. The summed E-state index contributed by atoms with van der Waals surface area (Å²) in [6.07, 6.45) is 3.71. The highest BCUT2D eigenvalue weighted by molar-refractivity contribution is 7.09. The third kappa shape index (κ3) is 12.6. The lowest BCUT2D eigenvalue weighted by Crippen LogP contribution is -2.60. The molecule has 0 unspecified atom stereocenters. The Balaban J connectivity index is 1.84. The number of ether oxygens (including phenoxy) is 2. The molecule has 12 nitrogen and oxygen atoms in total. The van der Waals surface area contributed by atoms with Crippen molar-refractivity contribution in [3.05, 3.63) is 52.0 Å². The van der Waals surface area contributed by atoms with Crippen LogP contribution in [0.1, 0.15) is 121 Å². The number of thiazole rings is 1. The minimum absolute atomic E-state index is 0.0505. The van der Waals surface area contributed by atoms with Gasteiger partial charge in [-0.25, -0.2) is 4.98 Å². The number of carbonyl (C=O) groups is 5. The lowest BCUT2D eigenvalue weighted by Gasteiger charge is -2.41. The van der Waals surface area contributed by atoms with Gasteiger partial charge in [-0.05, 0) is 69.5 Å². The van der Waals surface area contributed by atoms with Crippen molar-refractivity contribution in [1.82, 2.24) is 25.4 Å². The van der Waals surface area contributed by atoms with Crippen molar-refractivity contribution in [2.24, 2.45) is 17.3 Å². The Kier molecular flexibility index (Phi) is 17.1. The number of hydrogen-bond donors (Lipinski definition) is 2. The van der Waals surface area contributed by atoms with E-state index < -0.39 is 41.4 Å². The molecule has 1 aromatic heterocycles. The molecular weight excluding hydrogens is 707 g/mol. The van der Waals surface area contributed by atoms with Gasteiger partial charge in [-0.2, -0.15) is 0 Å². The van der Waals surface area contributed by atoms with Gasteiger partial charge < -0.3 is 25.0 Å². The zero-order valence-corrected chi connectivity index (χ0v) is 34.8. The number of rotatable bonds is 19. The summed E-state index contributed by atoms with van der Waals surface area (Å²) in [7, 11) is 3.69. The average molecular weight is 770 g/mol. The summed E-state index contributed by atoms with van der Waals surface area (Å²) in [5.74, 6) is -2.08. The number of benzene rings is 1. The summed E-state index contributed by atoms with van der Waals surface area (Å²) < 4.78 is 11.0. The van der Waals surface area contributed by atoms with Gasteiger partial charge in [0.05, 0.1) is 18.6 Å². The molecule has 0 radical (unpaired) electrons. The first-order valence-electron chi connectivity index (χ1n) is 19.4. The molecule has 3 rings (SSSR count). The molecule has 0 saturated carbocycles. The van der Waals surface area contributed by atoms with Crippen LogP contribution >= 0.6 is 11.3 Å². The van der Waals surface area contributed by atoms with E-state index in [-0.39, 0.29) is 54.5 Å². The Morgan fingerprint density at radius 1 is 1.04 bits per heavy atom. The van der Waals surface area contributed by atoms with E-state index in [4.69, 9.17) is 9.47 Å². The SMILES string of the molecule is CCOC(=O)[C@@H](C)C[C@H](Cc1ccccc1)NC(=O)c1csc([C@@H](C[C@H](C(C)C)N(C)C(=O)[C@@H](NC(=O)[C@H]2CCCCN2C)C(C)(C)CC)OC(C)=O)n1. The fourth-order valence-corrected chi connectivity index (χ4v) is 7.84. The molecule has 2 aromatic rings. The molecule has 54 heavy (non-hydrogen) atoms. The number of carbonyl (C=O) groups excluding carboxylic acids is 5. The number of nitrogens with one attached hydrogen (secondary N) is 2. The van der Waals surface area contributed by atoms with E-state index in [1.54, 1.807) is 31.2 Å². The van der Waals surface area contributed by atoms with Crippen LogP contribution in [-0.2, 0) is 35.1 Å². The second kappa shape index (κ2) is 20.7. The van der Waals surface area contributed by atoms with Crippen LogP contribution in [0.5, 0.6) is 0 Å². The monoisotopic (exact) mass is 769 g/mol. The number of likely N-dealkylation sites (tertiary alicyclic amines) is 1. The first-order chi connectivity index (χ1) is 25.5. The maximum absolute atomic E-state index is 14.4.